The Hall–Kier alpha value is -2.48. The number of pyridine rings is 1. The van der Waals surface area contributed by atoms with E-state index in [0.29, 0.717) is 31.1 Å². The molecule has 3 rings (SSSR count). The number of hydrogen-bond acceptors (Lipinski definition) is 6. The summed E-state index contributed by atoms with van der Waals surface area (Å²) in [6.45, 7) is 7.21. The number of aromatic nitrogens is 4. The van der Waals surface area contributed by atoms with Crippen LogP contribution < -0.4 is 4.74 Å². The minimum absolute atomic E-state index is 0.0116. The first kappa shape index (κ1) is 16.4. The molecule has 1 aliphatic heterocycles. The average Bonchev–Trinajstić information content (AvgIpc) is 3.14. The Balaban J connectivity index is 1.53. The molecule has 0 aromatic carbocycles. The van der Waals surface area contributed by atoms with E-state index in [1.54, 1.807) is 31.0 Å². The first-order valence-corrected chi connectivity index (χ1v) is 8.19. The number of ether oxygens (including phenoxy) is 1. The molecular formula is C16H22N6O2. The molecule has 1 aliphatic rings. The van der Waals surface area contributed by atoms with Crippen LogP contribution in [0.25, 0.3) is 0 Å². The fourth-order valence-electron chi connectivity index (χ4n) is 2.74. The summed E-state index contributed by atoms with van der Waals surface area (Å²) in [5, 5.41) is 4.10. The molecule has 128 valence electrons. The van der Waals surface area contributed by atoms with Crippen molar-refractivity contribution >= 4 is 5.91 Å². The van der Waals surface area contributed by atoms with Crippen molar-refractivity contribution in [2.24, 2.45) is 0 Å². The molecule has 1 saturated heterocycles. The van der Waals surface area contributed by atoms with Crippen LogP contribution in [0.3, 0.4) is 0 Å². The molecule has 0 radical (unpaired) electrons. The van der Waals surface area contributed by atoms with E-state index >= 15 is 0 Å². The van der Waals surface area contributed by atoms with Gasteiger partial charge in [-0.25, -0.2) is 9.97 Å². The molecule has 2 aromatic rings. The highest BCUT2D eigenvalue weighted by Crippen LogP contribution is 2.17. The van der Waals surface area contributed by atoms with E-state index in [1.807, 2.05) is 16.5 Å². The Bertz CT molecular complexity index is 652. The third-order valence-electron chi connectivity index (χ3n) is 4.05. The molecule has 0 unspecified atom stereocenters. The zero-order valence-corrected chi connectivity index (χ0v) is 13.8. The van der Waals surface area contributed by atoms with Crippen LogP contribution in [0.2, 0.25) is 0 Å². The van der Waals surface area contributed by atoms with Gasteiger partial charge in [-0.2, -0.15) is 5.10 Å². The summed E-state index contributed by atoms with van der Waals surface area (Å²) < 4.78 is 7.29. The van der Waals surface area contributed by atoms with E-state index < -0.39 is 0 Å². The molecule has 3 heterocycles. The van der Waals surface area contributed by atoms with Gasteiger partial charge in [0.25, 0.3) is 5.91 Å². The summed E-state index contributed by atoms with van der Waals surface area (Å²) in [5.41, 5.74) is 0.537. The van der Waals surface area contributed by atoms with Gasteiger partial charge in [0.05, 0.1) is 13.2 Å². The first-order chi connectivity index (χ1) is 11.8. The fraction of sp³-hybridized carbons (Fsp3) is 0.500. The first-order valence-electron chi connectivity index (χ1n) is 8.19. The normalized spacial score (nSPS) is 15.5. The van der Waals surface area contributed by atoms with Gasteiger partial charge in [0.2, 0.25) is 5.88 Å². The molecule has 0 spiro atoms. The second kappa shape index (κ2) is 7.87. The standard InChI is InChI=1S/C16H22N6O2/c1-2-24-15-14(4-3-5-18-15)16(23)21-9-6-20(7-10-21)8-11-22-13-17-12-19-22/h3-5,12-13H,2,6-11H2,1H3. The van der Waals surface area contributed by atoms with E-state index in [2.05, 4.69) is 20.0 Å². The van der Waals surface area contributed by atoms with Crippen molar-refractivity contribution in [2.45, 2.75) is 13.5 Å². The van der Waals surface area contributed by atoms with Crippen molar-refractivity contribution in [3.8, 4) is 5.88 Å². The smallest absolute Gasteiger partial charge is 0.259 e. The molecule has 8 nitrogen and oxygen atoms in total. The van der Waals surface area contributed by atoms with Crippen molar-refractivity contribution in [1.82, 2.24) is 29.5 Å². The van der Waals surface area contributed by atoms with Gasteiger partial charge in [-0.1, -0.05) is 0 Å². The van der Waals surface area contributed by atoms with Gasteiger partial charge in [-0.3, -0.25) is 14.4 Å². The molecule has 1 fully saturated rings. The number of carbonyl (C=O) groups excluding carboxylic acids is 1. The van der Waals surface area contributed by atoms with Crippen LogP contribution in [0, 0.1) is 0 Å². The van der Waals surface area contributed by atoms with Crippen LogP contribution in [0.5, 0.6) is 5.88 Å². The molecule has 2 aromatic heterocycles. The topological polar surface area (TPSA) is 76.4 Å². The number of piperazine rings is 1. The minimum Gasteiger partial charge on any atom is -0.477 e. The molecular weight excluding hydrogens is 308 g/mol. The van der Waals surface area contributed by atoms with E-state index in [1.165, 1.54) is 0 Å². The SMILES string of the molecule is CCOc1ncccc1C(=O)N1CCN(CCn2cncn2)CC1. The second-order valence-corrected chi connectivity index (χ2v) is 5.58. The van der Waals surface area contributed by atoms with Gasteiger partial charge in [-0.15, -0.1) is 0 Å². The predicted molar refractivity (Wildman–Crippen MR) is 87.8 cm³/mol. The van der Waals surface area contributed by atoms with Gasteiger partial charge in [0.15, 0.2) is 0 Å². The highest BCUT2D eigenvalue weighted by atomic mass is 16.5. The third kappa shape index (κ3) is 3.88. The zero-order valence-electron chi connectivity index (χ0n) is 13.8. The lowest BCUT2D eigenvalue weighted by Gasteiger charge is -2.34. The van der Waals surface area contributed by atoms with Crippen molar-refractivity contribution in [3.05, 3.63) is 36.5 Å². The van der Waals surface area contributed by atoms with E-state index in [4.69, 9.17) is 4.74 Å². The van der Waals surface area contributed by atoms with Gasteiger partial charge in [0, 0.05) is 38.9 Å². The van der Waals surface area contributed by atoms with Crippen LogP contribution in [-0.4, -0.2) is 74.8 Å². The second-order valence-electron chi connectivity index (χ2n) is 5.58. The van der Waals surface area contributed by atoms with Crippen molar-refractivity contribution in [1.29, 1.82) is 0 Å². The van der Waals surface area contributed by atoms with E-state index in [-0.39, 0.29) is 5.91 Å². The quantitative estimate of drug-likeness (QED) is 0.769. The number of rotatable bonds is 6. The predicted octanol–water partition coefficient (Wildman–Crippen LogP) is 0.530. The molecule has 1 amide bonds. The summed E-state index contributed by atoms with van der Waals surface area (Å²) in [5.74, 6) is 0.404. The largest absolute Gasteiger partial charge is 0.477 e. The number of carbonyl (C=O) groups is 1. The maximum atomic E-state index is 12.7. The zero-order chi connectivity index (χ0) is 16.8. The summed E-state index contributed by atoms with van der Waals surface area (Å²) in [4.78, 5) is 25.0. The number of nitrogens with zero attached hydrogens (tertiary/aromatic N) is 6. The van der Waals surface area contributed by atoms with E-state index in [0.717, 1.165) is 26.2 Å². The Kier molecular flexibility index (Phi) is 5.37. The molecule has 0 saturated carbocycles. The van der Waals surface area contributed by atoms with Crippen LogP contribution >= 0.6 is 0 Å². The van der Waals surface area contributed by atoms with Crippen LogP contribution in [-0.2, 0) is 6.54 Å². The summed E-state index contributed by atoms with van der Waals surface area (Å²) >= 11 is 0. The Morgan fingerprint density at radius 3 is 2.79 bits per heavy atom. The van der Waals surface area contributed by atoms with Gasteiger partial charge in [0.1, 0.15) is 18.2 Å². The highest BCUT2D eigenvalue weighted by molar-refractivity contribution is 5.96. The highest BCUT2D eigenvalue weighted by Gasteiger charge is 2.24. The van der Waals surface area contributed by atoms with Crippen LogP contribution in [0.4, 0.5) is 0 Å². The van der Waals surface area contributed by atoms with Gasteiger partial charge in [-0.05, 0) is 19.1 Å². The third-order valence-corrected chi connectivity index (χ3v) is 4.05. The summed E-state index contributed by atoms with van der Waals surface area (Å²) in [6.07, 6.45) is 4.90. The summed E-state index contributed by atoms with van der Waals surface area (Å²) in [7, 11) is 0. The number of hydrogen-bond donors (Lipinski definition) is 0. The number of amides is 1. The van der Waals surface area contributed by atoms with Crippen molar-refractivity contribution in [2.75, 3.05) is 39.3 Å². The van der Waals surface area contributed by atoms with Crippen molar-refractivity contribution < 1.29 is 9.53 Å². The molecule has 0 atom stereocenters. The lowest BCUT2D eigenvalue weighted by Crippen LogP contribution is -2.49. The Morgan fingerprint density at radius 2 is 2.08 bits per heavy atom. The lowest BCUT2D eigenvalue weighted by molar-refractivity contribution is 0.0627. The molecule has 0 aliphatic carbocycles. The van der Waals surface area contributed by atoms with Crippen LogP contribution in [0.1, 0.15) is 17.3 Å². The Labute approximate surface area is 141 Å². The van der Waals surface area contributed by atoms with Crippen molar-refractivity contribution in [3.63, 3.8) is 0 Å². The fourth-order valence-corrected chi connectivity index (χ4v) is 2.74. The summed E-state index contributed by atoms with van der Waals surface area (Å²) in [6, 6.07) is 3.54. The molecule has 0 bridgehead atoms. The Morgan fingerprint density at radius 1 is 1.25 bits per heavy atom. The maximum Gasteiger partial charge on any atom is 0.259 e. The molecule has 8 heteroatoms. The monoisotopic (exact) mass is 330 g/mol. The lowest BCUT2D eigenvalue weighted by atomic mass is 10.2. The molecule has 24 heavy (non-hydrogen) atoms. The van der Waals surface area contributed by atoms with Gasteiger partial charge < -0.3 is 9.64 Å². The molecule has 0 N–H and O–H groups in total. The van der Waals surface area contributed by atoms with Crippen LogP contribution in [0.15, 0.2) is 31.0 Å². The minimum atomic E-state index is -0.0116. The average molecular weight is 330 g/mol. The maximum absolute atomic E-state index is 12.7. The van der Waals surface area contributed by atoms with Gasteiger partial charge >= 0.3 is 0 Å². The van der Waals surface area contributed by atoms with E-state index in [9.17, 15) is 4.79 Å².